The lowest BCUT2D eigenvalue weighted by Gasteiger charge is -2.42. The monoisotopic (exact) mass is 266 g/mol. The van der Waals surface area contributed by atoms with Crippen LogP contribution in [0.3, 0.4) is 0 Å². The van der Waals surface area contributed by atoms with E-state index in [0.29, 0.717) is 6.61 Å². The average Bonchev–Trinajstić information content (AvgIpc) is 2.44. The summed E-state index contributed by atoms with van der Waals surface area (Å²) in [6.07, 6.45) is -2.56. The molecule has 1 aromatic carbocycles. The molecule has 5 heteroatoms. The molecule has 1 fully saturated rings. The van der Waals surface area contributed by atoms with E-state index in [2.05, 4.69) is 4.74 Å². The molecule has 1 saturated heterocycles. The summed E-state index contributed by atoms with van der Waals surface area (Å²) in [5, 5.41) is 9.83. The van der Waals surface area contributed by atoms with Crippen molar-refractivity contribution in [2.24, 2.45) is 0 Å². The highest BCUT2D eigenvalue weighted by Gasteiger charge is 2.49. The van der Waals surface area contributed by atoms with Crippen molar-refractivity contribution in [3.05, 3.63) is 35.9 Å². The van der Waals surface area contributed by atoms with E-state index < -0.39 is 24.3 Å². The Kier molecular flexibility index (Phi) is 4.52. The summed E-state index contributed by atoms with van der Waals surface area (Å²) >= 11 is 0. The third kappa shape index (κ3) is 3.12. The molecule has 1 aliphatic rings. The molecule has 1 aliphatic heterocycles. The topological polar surface area (TPSA) is 65.0 Å². The van der Waals surface area contributed by atoms with Crippen molar-refractivity contribution in [1.82, 2.24) is 0 Å². The Bertz CT molecular complexity index is 419. The van der Waals surface area contributed by atoms with Crippen LogP contribution in [0.2, 0.25) is 0 Å². The fourth-order valence-corrected chi connectivity index (χ4v) is 2.01. The first kappa shape index (κ1) is 14.0. The van der Waals surface area contributed by atoms with Crippen molar-refractivity contribution in [3.8, 4) is 0 Å². The molecule has 0 radical (unpaired) electrons. The van der Waals surface area contributed by atoms with Gasteiger partial charge in [0.1, 0.15) is 12.2 Å². The Hall–Kier alpha value is -1.43. The van der Waals surface area contributed by atoms with Gasteiger partial charge in [0, 0.05) is 0 Å². The zero-order valence-electron chi connectivity index (χ0n) is 11.0. The smallest absolute Gasteiger partial charge is 0.337 e. The van der Waals surface area contributed by atoms with Crippen molar-refractivity contribution in [2.75, 3.05) is 7.11 Å². The van der Waals surface area contributed by atoms with Crippen LogP contribution in [0.4, 0.5) is 0 Å². The molecular weight excluding hydrogens is 248 g/mol. The van der Waals surface area contributed by atoms with E-state index in [0.717, 1.165) is 5.56 Å². The Balaban J connectivity index is 1.79. The van der Waals surface area contributed by atoms with Crippen LogP contribution in [-0.4, -0.2) is 42.6 Å². The standard InChI is InChI=1S/C14H18O5/c1-9(18-8-10-6-4-3-5-7-10)12-11(15)13(19-12)14(16)17-2/h3-7,9,11-13,15H,8H2,1-2H3/t9-,11-,12-,13+/m0/s1. The quantitative estimate of drug-likeness (QED) is 0.802. The van der Waals surface area contributed by atoms with E-state index in [4.69, 9.17) is 9.47 Å². The van der Waals surface area contributed by atoms with Crippen LogP contribution in [0.5, 0.6) is 0 Å². The predicted octanol–water partition coefficient (Wildman–Crippen LogP) is 0.893. The van der Waals surface area contributed by atoms with Gasteiger partial charge in [-0.25, -0.2) is 4.79 Å². The fourth-order valence-electron chi connectivity index (χ4n) is 2.01. The third-order valence-corrected chi connectivity index (χ3v) is 3.20. The lowest BCUT2D eigenvalue weighted by atomic mass is 9.97. The van der Waals surface area contributed by atoms with Gasteiger partial charge in [-0.05, 0) is 12.5 Å². The van der Waals surface area contributed by atoms with Gasteiger partial charge in [0.25, 0.3) is 0 Å². The third-order valence-electron chi connectivity index (χ3n) is 3.20. The van der Waals surface area contributed by atoms with Crippen molar-refractivity contribution in [2.45, 2.75) is 37.9 Å². The van der Waals surface area contributed by atoms with Gasteiger partial charge >= 0.3 is 5.97 Å². The second-order valence-corrected chi connectivity index (χ2v) is 4.54. The number of carbonyl (C=O) groups excluding carboxylic acids is 1. The largest absolute Gasteiger partial charge is 0.467 e. The molecule has 2 rings (SSSR count). The van der Waals surface area contributed by atoms with Gasteiger partial charge in [-0.3, -0.25) is 0 Å². The van der Waals surface area contributed by atoms with Gasteiger partial charge in [-0.2, -0.15) is 0 Å². The number of aliphatic hydroxyl groups excluding tert-OH is 1. The molecule has 4 atom stereocenters. The molecule has 104 valence electrons. The molecule has 0 spiro atoms. The molecule has 0 unspecified atom stereocenters. The average molecular weight is 266 g/mol. The highest BCUT2D eigenvalue weighted by atomic mass is 16.6. The number of hydrogen-bond donors (Lipinski definition) is 1. The van der Waals surface area contributed by atoms with Crippen LogP contribution in [-0.2, 0) is 25.6 Å². The van der Waals surface area contributed by atoms with E-state index >= 15 is 0 Å². The minimum atomic E-state index is -0.891. The number of methoxy groups -OCH3 is 1. The highest BCUT2D eigenvalue weighted by Crippen LogP contribution is 2.27. The van der Waals surface area contributed by atoms with E-state index in [1.165, 1.54) is 7.11 Å². The fraction of sp³-hybridized carbons (Fsp3) is 0.500. The molecule has 0 amide bonds. The number of carbonyl (C=O) groups is 1. The summed E-state index contributed by atoms with van der Waals surface area (Å²) in [5.74, 6) is -0.556. The SMILES string of the molecule is COC(=O)[C@@H]1O[C@@H]([C@H](C)OCc2ccccc2)[C@@H]1O. The summed E-state index contributed by atoms with van der Waals surface area (Å²) in [6, 6.07) is 9.73. The predicted molar refractivity (Wildman–Crippen MR) is 67.4 cm³/mol. The second-order valence-electron chi connectivity index (χ2n) is 4.54. The van der Waals surface area contributed by atoms with Crippen molar-refractivity contribution < 1.29 is 24.1 Å². The summed E-state index contributed by atoms with van der Waals surface area (Å²) in [4.78, 5) is 11.2. The first-order valence-electron chi connectivity index (χ1n) is 6.20. The van der Waals surface area contributed by atoms with E-state index in [9.17, 15) is 9.90 Å². The van der Waals surface area contributed by atoms with Crippen LogP contribution in [0.25, 0.3) is 0 Å². The number of aliphatic hydroxyl groups is 1. The zero-order chi connectivity index (χ0) is 13.8. The summed E-state index contributed by atoms with van der Waals surface area (Å²) < 4.78 is 15.4. The van der Waals surface area contributed by atoms with E-state index in [1.807, 2.05) is 37.3 Å². The van der Waals surface area contributed by atoms with Crippen molar-refractivity contribution in [3.63, 3.8) is 0 Å². The maximum atomic E-state index is 11.2. The minimum Gasteiger partial charge on any atom is -0.467 e. The molecule has 0 bridgehead atoms. The summed E-state index contributed by atoms with van der Waals surface area (Å²) in [6.45, 7) is 2.25. The molecule has 0 aliphatic carbocycles. The molecule has 1 N–H and O–H groups in total. The number of rotatable bonds is 5. The summed E-state index contributed by atoms with van der Waals surface area (Å²) in [7, 11) is 1.26. The zero-order valence-corrected chi connectivity index (χ0v) is 11.0. The van der Waals surface area contributed by atoms with Crippen LogP contribution < -0.4 is 0 Å². The summed E-state index contributed by atoms with van der Waals surface area (Å²) in [5.41, 5.74) is 1.05. The lowest BCUT2D eigenvalue weighted by Crippen LogP contribution is -2.62. The van der Waals surface area contributed by atoms with Gasteiger partial charge in [0.05, 0.1) is 19.8 Å². The Morgan fingerprint density at radius 2 is 2.11 bits per heavy atom. The van der Waals surface area contributed by atoms with Crippen LogP contribution >= 0.6 is 0 Å². The van der Waals surface area contributed by atoms with E-state index in [1.54, 1.807) is 0 Å². The Labute approximate surface area is 112 Å². The number of hydrogen-bond acceptors (Lipinski definition) is 5. The molecule has 5 nitrogen and oxygen atoms in total. The Morgan fingerprint density at radius 3 is 2.68 bits per heavy atom. The first-order valence-corrected chi connectivity index (χ1v) is 6.20. The number of ether oxygens (including phenoxy) is 3. The number of esters is 1. The highest BCUT2D eigenvalue weighted by molar-refractivity contribution is 5.76. The van der Waals surface area contributed by atoms with Gasteiger partial charge in [0.2, 0.25) is 0 Å². The lowest BCUT2D eigenvalue weighted by molar-refractivity contribution is -0.259. The second kappa shape index (κ2) is 6.14. The van der Waals surface area contributed by atoms with Gasteiger partial charge in [-0.15, -0.1) is 0 Å². The first-order chi connectivity index (χ1) is 9.13. The molecule has 1 aromatic rings. The van der Waals surface area contributed by atoms with Gasteiger partial charge in [0.15, 0.2) is 6.10 Å². The van der Waals surface area contributed by atoms with E-state index in [-0.39, 0.29) is 6.10 Å². The van der Waals surface area contributed by atoms with Gasteiger partial charge < -0.3 is 19.3 Å². The maximum Gasteiger partial charge on any atom is 0.337 e. The van der Waals surface area contributed by atoms with Crippen molar-refractivity contribution >= 4 is 5.97 Å². The number of benzene rings is 1. The maximum absolute atomic E-state index is 11.2. The van der Waals surface area contributed by atoms with Gasteiger partial charge in [-0.1, -0.05) is 30.3 Å². The van der Waals surface area contributed by atoms with Crippen LogP contribution in [0.1, 0.15) is 12.5 Å². The molecule has 19 heavy (non-hydrogen) atoms. The Morgan fingerprint density at radius 1 is 1.42 bits per heavy atom. The normalized spacial score (nSPS) is 27.4. The van der Waals surface area contributed by atoms with Crippen LogP contribution in [0.15, 0.2) is 30.3 Å². The molecule has 0 aromatic heterocycles. The minimum absolute atomic E-state index is 0.295. The molecular formula is C14H18O5. The van der Waals surface area contributed by atoms with Crippen LogP contribution in [0, 0.1) is 0 Å². The molecule has 0 saturated carbocycles. The van der Waals surface area contributed by atoms with Crippen molar-refractivity contribution in [1.29, 1.82) is 0 Å². The molecule has 1 heterocycles.